The van der Waals surface area contributed by atoms with Gasteiger partial charge in [-0.3, -0.25) is 10.1 Å². The number of aromatic nitrogens is 2. The number of benzene rings is 2. The molecule has 0 radical (unpaired) electrons. The number of anilines is 1. The zero-order chi connectivity index (χ0) is 22.2. The molecule has 1 fully saturated rings. The molecule has 1 aromatic heterocycles. The van der Waals surface area contributed by atoms with Crippen LogP contribution in [0.2, 0.25) is 0 Å². The highest BCUT2D eigenvalue weighted by Gasteiger charge is 2.36. The van der Waals surface area contributed by atoms with E-state index in [-0.39, 0.29) is 22.6 Å². The minimum atomic E-state index is -4.40. The number of nitrogens with zero attached hydrogens (tertiary/aromatic N) is 4. The van der Waals surface area contributed by atoms with Crippen LogP contribution in [-0.4, -0.2) is 38.0 Å². The second-order valence-corrected chi connectivity index (χ2v) is 7.31. The van der Waals surface area contributed by atoms with E-state index in [1.165, 1.54) is 24.3 Å². The van der Waals surface area contributed by atoms with Crippen LogP contribution in [0.15, 0.2) is 53.1 Å². The number of aliphatic hydroxyl groups is 1. The third-order valence-corrected chi connectivity index (χ3v) is 5.10. The maximum atomic E-state index is 12.8. The number of halogens is 3. The van der Waals surface area contributed by atoms with Crippen LogP contribution < -0.4 is 5.23 Å². The Kier molecular flexibility index (Phi) is 5.67. The van der Waals surface area contributed by atoms with Crippen molar-refractivity contribution in [3.63, 3.8) is 0 Å². The van der Waals surface area contributed by atoms with Gasteiger partial charge in [0.2, 0.25) is 11.7 Å². The van der Waals surface area contributed by atoms with E-state index in [1.807, 2.05) is 4.90 Å². The predicted octanol–water partition coefficient (Wildman–Crippen LogP) is 3.76. The highest BCUT2D eigenvalue weighted by atomic mass is 19.4. The second kappa shape index (κ2) is 8.27. The van der Waals surface area contributed by atoms with Crippen LogP contribution in [0.25, 0.3) is 11.4 Å². The first-order valence-corrected chi connectivity index (χ1v) is 9.39. The first-order valence-electron chi connectivity index (χ1n) is 9.39. The second-order valence-electron chi connectivity index (χ2n) is 7.31. The molecule has 0 spiro atoms. The van der Waals surface area contributed by atoms with Crippen LogP contribution >= 0.6 is 0 Å². The van der Waals surface area contributed by atoms with Crippen molar-refractivity contribution >= 4 is 5.69 Å². The number of aliphatic hydroxyl groups excluding tert-OH is 1. The Bertz CT molecular complexity index is 1040. The monoisotopic (exact) mass is 435 g/mol. The van der Waals surface area contributed by atoms with Crippen molar-refractivity contribution < 1.29 is 28.0 Å². The van der Waals surface area contributed by atoms with Gasteiger partial charge in [-0.05, 0) is 36.2 Å². The molecule has 2 heterocycles. The molecule has 0 unspecified atom stereocenters. The van der Waals surface area contributed by atoms with E-state index >= 15 is 0 Å². The lowest BCUT2D eigenvalue weighted by Gasteiger charge is -2.21. The van der Waals surface area contributed by atoms with Crippen LogP contribution in [-0.2, 0) is 12.7 Å². The molecule has 1 saturated heterocycles. The highest BCUT2D eigenvalue weighted by Crippen LogP contribution is 2.35. The molecule has 2 N–H and O–H groups in total. The molecule has 0 amide bonds. The quantitative estimate of drug-likeness (QED) is 0.583. The van der Waals surface area contributed by atoms with Gasteiger partial charge in [-0.15, -0.1) is 0 Å². The molecule has 0 saturated carbocycles. The highest BCUT2D eigenvalue weighted by molar-refractivity contribution is 5.62. The molecular formula is C20H18F3N4O4-. The van der Waals surface area contributed by atoms with Crippen molar-refractivity contribution in [2.45, 2.75) is 31.3 Å². The summed E-state index contributed by atoms with van der Waals surface area (Å²) in [7, 11) is 0. The predicted molar refractivity (Wildman–Crippen MR) is 103 cm³/mol. The van der Waals surface area contributed by atoms with Crippen LogP contribution in [0.1, 0.15) is 29.5 Å². The summed E-state index contributed by atoms with van der Waals surface area (Å²) in [6.45, 7) is 0.595. The standard InChI is InChI=1S/C20H18F3N4O4/c21-20(22,23)14-6-4-12(5-7-14)10-26-11-16(28)9-17(26)19-24-18(25-31-19)13-2-1-3-15(8-13)27(29)30/h1-8,16-17,28-29H,9-11H2/q-1/t16-,17+/m1/s1. The number of rotatable bonds is 5. The van der Waals surface area contributed by atoms with Crippen LogP contribution in [0.5, 0.6) is 0 Å². The molecule has 11 heteroatoms. The Morgan fingerprint density at radius 2 is 1.94 bits per heavy atom. The number of β-amino-alcohol motifs (C(OH)–C–C–N with tert-alkyl or cyclic N) is 1. The van der Waals surface area contributed by atoms with Crippen molar-refractivity contribution in [3.8, 4) is 11.4 Å². The Morgan fingerprint density at radius 3 is 2.61 bits per heavy atom. The smallest absolute Gasteiger partial charge is 0.416 e. The van der Waals surface area contributed by atoms with E-state index in [0.29, 0.717) is 30.6 Å². The van der Waals surface area contributed by atoms with Gasteiger partial charge >= 0.3 is 6.18 Å². The van der Waals surface area contributed by atoms with Gasteiger partial charge in [-0.25, -0.2) is 0 Å². The van der Waals surface area contributed by atoms with Gasteiger partial charge in [0.25, 0.3) is 0 Å². The lowest BCUT2D eigenvalue weighted by molar-refractivity contribution is -0.137. The van der Waals surface area contributed by atoms with Gasteiger partial charge in [0.05, 0.1) is 23.4 Å². The van der Waals surface area contributed by atoms with Crippen molar-refractivity contribution in [2.24, 2.45) is 0 Å². The number of hydrogen-bond donors (Lipinski definition) is 2. The SMILES string of the molecule is [O-]N(O)c1cccc(-c2noc([C@@H]3C[C@@H](O)CN3Cc3ccc(C(F)(F)F)cc3)n2)c1. The molecule has 1 aliphatic heterocycles. The summed E-state index contributed by atoms with van der Waals surface area (Å²) in [6, 6.07) is 10.4. The van der Waals surface area contributed by atoms with Crippen LogP contribution in [0.3, 0.4) is 0 Å². The first-order chi connectivity index (χ1) is 14.7. The van der Waals surface area contributed by atoms with Gasteiger partial charge < -0.3 is 20.1 Å². The zero-order valence-corrected chi connectivity index (χ0v) is 16.0. The maximum Gasteiger partial charge on any atom is 0.416 e. The summed E-state index contributed by atoms with van der Waals surface area (Å²) in [5, 5.41) is 33.9. The molecule has 31 heavy (non-hydrogen) atoms. The zero-order valence-electron chi connectivity index (χ0n) is 16.0. The number of likely N-dealkylation sites (tertiary alicyclic amines) is 1. The van der Waals surface area contributed by atoms with Gasteiger partial charge in [0.15, 0.2) is 0 Å². The molecule has 3 aromatic rings. The Balaban J connectivity index is 1.53. The van der Waals surface area contributed by atoms with Crippen molar-refractivity contribution in [1.29, 1.82) is 0 Å². The normalized spacial score (nSPS) is 19.7. The van der Waals surface area contributed by atoms with Gasteiger partial charge in [0, 0.05) is 18.7 Å². The summed E-state index contributed by atoms with van der Waals surface area (Å²) in [5.41, 5.74) is 0.384. The minimum Gasteiger partial charge on any atom is -0.733 e. The molecular weight excluding hydrogens is 417 g/mol. The fourth-order valence-electron chi connectivity index (χ4n) is 3.60. The molecule has 2 atom stereocenters. The van der Waals surface area contributed by atoms with Crippen molar-refractivity contribution in [2.75, 3.05) is 11.8 Å². The summed E-state index contributed by atoms with van der Waals surface area (Å²) in [6.07, 6.45) is -4.73. The number of alkyl halides is 3. The third kappa shape index (κ3) is 4.69. The lowest BCUT2D eigenvalue weighted by atomic mass is 10.1. The third-order valence-electron chi connectivity index (χ3n) is 5.10. The molecule has 1 aliphatic rings. The van der Waals surface area contributed by atoms with E-state index in [2.05, 4.69) is 10.1 Å². The maximum absolute atomic E-state index is 12.8. The van der Waals surface area contributed by atoms with Crippen LogP contribution in [0, 0.1) is 5.21 Å². The van der Waals surface area contributed by atoms with E-state index in [0.717, 1.165) is 12.1 Å². The molecule has 0 aliphatic carbocycles. The van der Waals surface area contributed by atoms with Crippen molar-refractivity contribution in [1.82, 2.24) is 15.0 Å². The largest absolute Gasteiger partial charge is 0.733 e. The van der Waals surface area contributed by atoms with E-state index in [9.17, 15) is 23.5 Å². The summed E-state index contributed by atoms with van der Waals surface area (Å²) >= 11 is 0. The van der Waals surface area contributed by atoms with E-state index in [4.69, 9.17) is 9.73 Å². The first kappa shape index (κ1) is 21.2. The minimum absolute atomic E-state index is 0.00377. The van der Waals surface area contributed by atoms with E-state index < -0.39 is 23.9 Å². The molecule has 164 valence electrons. The average molecular weight is 435 g/mol. The molecule has 8 nitrogen and oxygen atoms in total. The lowest BCUT2D eigenvalue weighted by Crippen LogP contribution is -2.24. The van der Waals surface area contributed by atoms with Gasteiger partial charge in [-0.2, -0.15) is 18.2 Å². The Morgan fingerprint density at radius 1 is 1.19 bits per heavy atom. The summed E-state index contributed by atoms with van der Waals surface area (Å²) in [5.74, 6) is 0.446. The Labute approximate surface area is 174 Å². The van der Waals surface area contributed by atoms with Gasteiger partial charge in [-0.1, -0.05) is 29.4 Å². The van der Waals surface area contributed by atoms with Crippen LogP contribution in [0.4, 0.5) is 18.9 Å². The average Bonchev–Trinajstić information content (AvgIpc) is 3.34. The van der Waals surface area contributed by atoms with Crippen molar-refractivity contribution in [3.05, 3.63) is 70.8 Å². The fourth-order valence-corrected chi connectivity index (χ4v) is 3.60. The Hall–Kier alpha value is -2.99. The van der Waals surface area contributed by atoms with E-state index in [1.54, 1.807) is 12.1 Å². The topological polar surface area (TPSA) is 109 Å². The molecule has 2 aromatic carbocycles. The molecule has 4 rings (SSSR count). The van der Waals surface area contributed by atoms with Gasteiger partial charge in [0.1, 0.15) is 0 Å². The summed E-state index contributed by atoms with van der Waals surface area (Å²) < 4.78 is 43.7. The molecule has 0 bridgehead atoms. The number of hydrogen-bond acceptors (Lipinski definition) is 8. The summed E-state index contributed by atoms with van der Waals surface area (Å²) in [4.78, 5) is 6.21. The fraction of sp³-hybridized carbons (Fsp3) is 0.300.